The molecular weight excluding hydrogens is 226 g/mol. The molecule has 0 atom stereocenters. The molecule has 1 saturated carbocycles. The Balaban J connectivity index is 2.15. The molecule has 3 nitrogen and oxygen atoms in total. The molecule has 18 heavy (non-hydrogen) atoms. The molecule has 0 radical (unpaired) electrons. The molecule has 0 aromatic heterocycles. The first-order valence-electron chi connectivity index (χ1n) is 6.70. The van der Waals surface area contributed by atoms with Crippen LogP contribution in [-0.2, 0) is 0 Å². The van der Waals surface area contributed by atoms with Crippen LogP contribution in [0.4, 0.5) is 0 Å². The molecule has 0 saturated heterocycles. The van der Waals surface area contributed by atoms with Gasteiger partial charge in [0, 0.05) is 18.7 Å². The molecule has 0 heterocycles. The Morgan fingerprint density at radius 1 is 1.44 bits per heavy atom. The zero-order chi connectivity index (χ0) is 13.1. The molecule has 0 spiro atoms. The van der Waals surface area contributed by atoms with Gasteiger partial charge in [0.05, 0.1) is 0 Å². The van der Waals surface area contributed by atoms with E-state index in [0.717, 1.165) is 25.1 Å². The van der Waals surface area contributed by atoms with E-state index in [1.807, 2.05) is 11.8 Å². The third-order valence-electron chi connectivity index (χ3n) is 3.40. The van der Waals surface area contributed by atoms with Crippen molar-refractivity contribution in [1.29, 1.82) is 0 Å². The normalized spacial score (nSPS) is 14.6. The van der Waals surface area contributed by atoms with Crippen LogP contribution in [0.2, 0.25) is 0 Å². The second-order valence-corrected chi connectivity index (χ2v) is 5.19. The van der Waals surface area contributed by atoms with E-state index in [4.69, 9.17) is 0 Å². The number of carbonyl (C=O) groups excluding carboxylic acids is 1. The average molecular weight is 247 g/mol. The van der Waals surface area contributed by atoms with Gasteiger partial charge in [-0.2, -0.15) is 0 Å². The summed E-state index contributed by atoms with van der Waals surface area (Å²) in [6.07, 6.45) is 3.49. The Labute approximate surface area is 108 Å². The monoisotopic (exact) mass is 247 g/mol. The number of hydrogen-bond donors (Lipinski definition) is 1. The zero-order valence-electron chi connectivity index (χ0n) is 11.1. The lowest BCUT2D eigenvalue weighted by Gasteiger charge is -2.23. The largest absolute Gasteiger partial charge is 0.508 e. The fourth-order valence-corrected chi connectivity index (χ4v) is 2.22. The van der Waals surface area contributed by atoms with E-state index in [9.17, 15) is 9.90 Å². The first-order valence-corrected chi connectivity index (χ1v) is 6.70. The van der Waals surface area contributed by atoms with Gasteiger partial charge in [-0.15, -0.1) is 0 Å². The van der Waals surface area contributed by atoms with Crippen molar-refractivity contribution in [3.8, 4) is 5.75 Å². The summed E-state index contributed by atoms with van der Waals surface area (Å²) in [6.45, 7) is 5.66. The average Bonchev–Trinajstić information content (AvgIpc) is 3.11. The summed E-state index contributed by atoms with van der Waals surface area (Å²) in [5.41, 5.74) is 1.55. The first kappa shape index (κ1) is 12.9. The summed E-state index contributed by atoms with van der Waals surface area (Å²) in [5, 5.41) is 9.39. The minimum Gasteiger partial charge on any atom is -0.508 e. The van der Waals surface area contributed by atoms with Gasteiger partial charge in [0.1, 0.15) is 5.75 Å². The van der Waals surface area contributed by atoms with Crippen molar-refractivity contribution in [2.75, 3.05) is 13.1 Å². The summed E-state index contributed by atoms with van der Waals surface area (Å²) in [7, 11) is 0. The highest BCUT2D eigenvalue weighted by Crippen LogP contribution is 2.30. The molecule has 2 rings (SSSR count). The zero-order valence-corrected chi connectivity index (χ0v) is 11.1. The fourth-order valence-electron chi connectivity index (χ4n) is 2.22. The Kier molecular flexibility index (Phi) is 3.90. The van der Waals surface area contributed by atoms with Crippen LogP contribution in [0.3, 0.4) is 0 Å². The number of benzene rings is 1. The Bertz CT molecular complexity index is 438. The van der Waals surface area contributed by atoms with Crippen LogP contribution in [0, 0.1) is 12.8 Å². The SMILES string of the molecule is CCCN(CC1CC1)C(=O)c1ccc(O)cc1C. The van der Waals surface area contributed by atoms with Gasteiger partial charge in [0.15, 0.2) is 0 Å². The van der Waals surface area contributed by atoms with Crippen LogP contribution in [0.25, 0.3) is 0 Å². The molecule has 1 aliphatic rings. The first-order chi connectivity index (χ1) is 8.61. The van der Waals surface area contributed by atoms with Crippen molar-refractivity contribution < 1.29 is 9.90 Å². The van der Waals surface area contributed by atoms with Gasteiger partial charge in [-0.05, 0) is 55.9 Å². The number of nitrogens with zero attached hydrogens (tertiary/aromatic N) is 1. The van der Waals surface area contributed by atoms with Crippen molar-refractivity contribution in [2.45, 2.75) is 33.1 Å². The molecule has 3 heteroatoms. The number of aryl methyl sites for hydroxylation is 1. The van der Waals surface area contributed by atoms with Crippen LogP contribution >= 0.6 is 0 Å². The lowest BCUT2D eigenvalue weighted by atomic mass is 10.1. The van der Waals surface area contributed by atoms with Gasteiger partial charge in [-0.25, -0.2) is 0 Å². The predicted molar refractivity (Wildman–Crippen MR) is 71.8 cm³/mol. The van der Waals surface area contributed by atoms with Crippen LogP contribution in [0.5, 0.6) is 5.75 Å². The van der Waals surface area contributed by atoms with E-state index in [1.165, 1.54) is 12.8 Å². The molecule has 1 aromatic rings. The quantitative estimate of drug-likeness (QED) is 0.869. The smallest absolute Gasteiger partial charge is 0.254 e. The van der Waals surface area contributed by atoms with Crippen molar-refractivity contribution in [2.24, 2.45) is 5.92 Å². The second kappa shape index (κ2) is 5.42. The number of hydrogen-bond acceptors (Lipinski definition) is 2. The number of phenolic OH excluding ortho intramolecular Hbond substituents is 1. The number of carbonyl (C=O) groups is 1. The van der Waals surface area contributed by atoms with E-state index in [-0.39, 0.29) is 11.7 Å². The number of rotatable bonds is 5. The lowest BCUT2D eigenvalue weighted by molar-refractivity contribution is 0.0747. The van der Waals surface area contributed by atoms with Crippen molar-refractivity contribution in [3.63, 3.8) is 0 Å². The molecule has 0 unspecified atom stereocenters. The molecule has 1 fully saturated rings. The lowest BCUT2D eigenvalue weighted by Crippen LogP contribution is -2.34. The third-order valence-corrected chi connectivity index (χ3v) is 3.40. The van der Waals surface area contributed by atoms with Gasteiger partial charge in [-0.3, -0.25) is 4.79 Å². The van der Waals surface area contributed by atoms with E-state index in [2.05, 4.69) is 6.92 Å². The Morgan fingerprint density at radius 3 is 2.72 bits per heavy atom. The summed E-state index contributed by atoms with van der Waals surface area (Å²) in [5.74, 6) is 1.02. The number of phenols is 1. The predicted octanol–water partition coefficient (Wildman–Crippen LogP) is 2.96. The van der Waals surface area contributed by atoms with Gasteiger partial charge >= 0.3 is 0 Å². The fraction of sp³-hybridized carbons (Fsp3) is 0.533. The molecule has 0 bridgehead atoms. The highest BCUT2D eigenvalue weighted by atomic mass is 16.3. The van der Waals surface area contributed by atoms with Gasteiger partial charge < -0.3 is 10.0 Å². The van der Waals surface area contributed by atoms with Crippen molar-refractivity contribution in [3.05, 3.63) is 29.3 Å². The standard InChI is InChI=1S/C15H21NO2/c1-3-8-16(10-12-4-5-12)15(18)14-7-6-13(17)9-11(14)2/h6-7,9,12,17H,3-5,8,10H2,1-2H3. The molecule has 98 valence electrons. The molecule has 1 aromatic carbocycles. The van der Waals surface area contributed by atoms with Gasteiger partial charge in [0.25, 0.3) is 5.91 Å². The molecular formula is C15H21NO2. The Hall–Kier alpha value is -1.51. The van der Waals surface area contributed by atoms with Crippen LogP contribution in [0.1, 0.15) is 42.1 Å². The highest BCUT2D eigenvalue weighted by molar-refractivity contribution is 5.95. The summed E-state index contributed by atoms with van der Waals surface area (Å²) < 4.78 is 0. The minimum atomic E-state index is 0.0984. The molecule has 1 amide bonds. The topological polar surface area (TPSA) is 40.5 Å². The van der Waals surface area contributed by atoms with Crippen molar-refractivity contribution in [1.82, 2.24) is 4.90 Å². The number of aromatic hydroxyl groups is 1. The maximum Gasteiger partial charge on any atom is 0.254 e. The Morgan fingerprint density at radius 2 is 2.17 bits per heavy atom. The number of amides is 1. The van der Waals surface area contributed by atoms with E-state index < -0.39 is 0 Å². The van der Waals surface area contributed by atoms with Crippen LogP contribution < -0.4 is 0 Å². The maximum atomic E-state index is 12.5. The van der Waals surface area contributed by atoms with Crippen LogP contribution in [0.15, 0.2) is 18.2 Å². The third kappa shape index (κ3) is 3.03. The second-order valence-electron chi connectivity index (χ2n) is 5.19. The molecule has 0 aliphatic heterocycles. The molecule has 1 aliphatic carbocycles. The highest BCUT2D eigenvalue weighted by Gasteiger charge is 2.27. The summed E-state index contributed by atoms with van der Waals surface area (Å²) >= 11 is 0. The van der Waals surface area contributed by atoms with E-state index >= 15 is 0 Å². The maximum absolute atomic E-state index is 12.5. The van der Waals surface area contributed by atoms with E-state index in [0.29, 0.717) is 11.5 Å². The van der Waals surface area contributed by atoms with Crippen molar-refractivity contribution >= 4 is 5.91 Å². The minimum absolute atomic E-state index is 0.0984. The van der Waals surface area contributed by atoms with E-state index in [1.54, 1.807) is 18.2 Å². The summed E-state index contributed by atoms with van der Waals surface area (Å²) in [4.78, 5) is 14.4. The molecule has 1 N–H and O–H groups in total. The van der Waals surface area contributed by atoms with Gasteiger partial charge in [0.2, 0.25) is 0 Å². The summed E-state index contributed by atoms with van der Waals surface area (Å²) in [6, 6.07) is 4.96. The van der Waals surface area contributed by atoms with Gasteiger partial charge in [-0.1, -0.05) is 6.92 Å². The van der Waals surface area contributed by atoms with Crippen LogP contribution in [-0.4, -0.2) is 29.0 Å².